The Hall–Kier alpha value is -1.65. The maximum atomic E-state index is 6.59. The Morgan fingerprint density at radius 2 is 1.92 bits per heavy atom. The lowest BCUT2D eigenvalue weighted by Gasteiger charge is -2.44. The minimum atomic E-state index is -0.493. The minimum Gasteiger partial charge on any atom is -0.369 e. The molecule has 1 heterocycles. The Labute approximate surface area is 161 Å². The quantitative estimate of drug-likeness (QED) is 0.715. The Morgan fingerprint density at radius 1 is 1.15 bits per heavy atom. The predicted octanol–water partition coefficient (Wildman–Crippen LogP) is 4.71. The summed E-state index contributed by atoms with van der Waals surface area (Å²) in [7, 11) is 0. The fraction of sp³-hybridized carbons (Fsp3) is 0.364. The van der Waals surface area contributed by atoms with Crippen LogP contribution < -0.4 is 5.32 Å². The number of benzene rings is 2. The van der Waals surface area contributed by atoms with E-state index in [1.807, 2.05) is 49.4 Å². The van der Waals surface area contributed by atoms with Crippen molar-refractivity contribution in [1.29, 1.82) is 0 Å². The van der Waals surface area contributed by atoms with Gasteiger partial charge in [0.1, 0.15) is 11.7 Å². The number of allylic oxidation sites excluding steroid dienone is 1. The second-order valence-corrected chi connectivity index (χ2v) is 6.95. The molecule has 0 radical (unpaired) electrons. The zero-order valence-corrected chi connectivity index (χ0v) is 15.9. The van der Waals surface area contributed by atoms with E-state index in [1.54, 1.807) is 0 Å². The molecular formula is C22H26ClNO2. The summed E-state index contributed by atoms with van der Waals surface area (Å²) in [5.41, 5.74) is 1.78. The molecule has 1 N–H and O–H groups in total. The summed E-state index contributed by atoms with van der Waals surface area (Å²) < 4.78 is 12.8. The summed E-state index contributed by atoms with van der Waals surface area (Å²) in [5.74, 6) is 0. The number of nitrogens with one attached hydrogen (secondary N) is 1. The molecule has 1 aliphatic rings. The largest absolute Gasteiger partial charge is 0.369 e. The molecule has 138 valence electrons. The molecule has 0 aromatic heterocycles. The van der Waals surface area contributed by atoms with Crippen molar-refractivity contribution in [2.45, 2.75) is 31.7 Å². The van der Waals surface area contributed by atoms with Crippen molar-refractivity contribution in [1.82, 2.24) is 5.32 Å². The maximum absolute atomic E-state index is 6.59. The van der Waals surface area contributed by atoms with E-state index < -0.39 is 5.60 Å². The van der Waals surface area contributed by atoms with E-state index in [0.717, 1.165) is 35.7 Å². The van der Waals surface area contributed by atoms with Crippen LogP contribution in [0, 0.1) is 0 Å². The van der Waals surface area contributed by atoms with Crippen LogP contribution in [0.25, 0.3) is 0 Å². The van der Waals surface area contributed by atoms with E-state index in [4.69, 9.17) is 21.1 Å². The fourth-order valence-corrected chi connectivity index (χ4v) is 3.52. The van der Waals surface area contributed by atoms with Gasteiger partial charge in [0.15, 0.2) is 0 Å². The second kappa shape index (κ2) is 9.33. The number of hydrogen-bond donors (Lipinski definition) is 1. The Bertz CT molecular complexity index is 702. The average Bonchev–Trinajstić information content (AvgIpc) is 2.69. The first kappa shape index (κ1) is 19.1. The highest BCUT2D eigenvalue weighted by Crippen LogP contribution is 2.38. The van der Waals surface area contributed by atoms with Crippen LogP contribution in [0.2, 0.25) is 5.02 Å². The molecule has 0 saturated carbocycles. The molecule has 26 heavy (non-hydrogen) atoms. The third-order valence-corrected chi connectivity index (χ3v) is 5.08. The van der Waals surface area contributed by atoms with Gasteiger partial charge in [-0.3, -0.25) is 0 Å². The molecule has 0 bridgehead atoms. The Morgan fingerprint density at radius 3 is 2.65 bits per heavy atom. The smallest absolute Gasteiger partial charge is 0.122 e. The van der Waals surface area contributed by atoms with E-state index in [-0.39, 0.29) is 6.10 Å². The molecule has 0 unspecified atom stereocenters. The van der Waals surface area contributed by atoms with Crippen LogP contribution in [-0.2, 0) is 21.7 Å². The van der Waals surface area contributed by atoms with E-state index >= 15 is 0 Å². The molecule has 1 saturated heterocycles. The number of hydrogen-bond acceptors (Lipinski definition) is 3. The van der Waals surface area contributed by atoms with Gasteiger partial charge in [0.05, 0.1) is 13.2 Å². The van der Waals surface area contributed by atoms with Gasteiger partial charge in [-0.2, -0.15) is 0 Å². The van der Waals surface area contributed by atoms with Crippen LogP contribution in [0.5, 0.6) is 0 Å². The molecule has 3 nitrogen and oxygen atoms in total. The van der Waals surface area contributed by atoms with Crippen LogP contribution >= 0.6 is 11.6 Å². The summed E-state index contributed by atoms with van der Waals surface area (Å²) in [6, 6.07) is 18.2. The topological polar surface area (TPSA) is 30.5 Å². The first-order valence-electron chi connectivity index (χ1n) is 9.12. The van der Waals surface area contributed by atoms with Gasteiger partial charge in [-0.25, -0.2) is 0 Å². The zero-order chi connectivity index (χ0) is 18.2. The molecule has 2 aromatic carbocycles. The van der Waals surface area contributed by atoms with E-state index in [0.29, 0.717) is 13.2 Å². The zero-order valence-electron chi connectivity index (χ0n) is 15.2. The highest BCUT2D eigenvalue weighted by Gasteiger charge is 2.44. The molecule has 2 atom stereocenters. The van der Waals surface area contributed by atoms with Gasteiger partial charge >= 0.3 is 0 Å². The normalized spacial score (nSPS) is 23.4. The highest BCUT2D eigenvalue weighted by molar-refractivity contribution is 6.30. The molecular weight excluding hydrogens is 346 g/mol. The number of halogens is 1. The van der Waals surface area contributed by atoms with Crippen molar-refractivity contribution in [2.75, 3.05) is 19.7 Å². The van der Waals surface area contributed by atoms with Crippen LogP contribution in [0.1, 0.15) is 24.5 Å². The predicted molar refractivity (Wildman–Crippen MR) is 106 cm³/mol. The first-order valence-corrected chi connectivity index (χ1v) is 9.50. The highest BCUT2D eigenvalue weighted by atomic mass is 35.5. The monoisotopic (exact) mass is 371 g/mol. The standard InChI is InChI=1S/C22H26ClNO2/c1-2-3-15-25-21-16-24-14-13-22(21,19-9-11-20(23)12-10-19)26-17-18-7-5-4-6-8-18/h2-12,21,24H,13-17H2,1H3/t21-,22+/m0/s1. The Balaban J connectivity index is 1.89. The lowest BCUT2D eigenvalue weighted by Crippen LogP contribution is -2.54. The van der Waals surface area contributed by atoms with Gasteiger partial charge in [-0.05, 0) is 43.1 Å². The summed E-state index contributed by atoms with van der Waals surface area (Å²) in [5, 5.41) is 4.17. The van der Waals surface area contributed by atoms with Crippen LogP contribution in [0.15, 0.2) is 66.7 Å². The van der Waals surface area contributed by atoms with Crippen molar-refractivity contribution in [3.05, 3.63) is 82.9 Å². The van der Waals surface area contributed by atoms with Gasteiger partial charge in [0, 0.05) is 11.6 Å². The van der Waals surface area contributed by atoms with Crippen molar-refractivity contribution < 1.29 is 9.47 Å². The SMILES string of the molecule is CC=CCO[C@H]1CNCC[C@@]1(OCc1ccccc1)c1ccc(Cl)cc1. The van der Waals surface area contributed by atoms with Crippen LogP contribution in [-0.4, -0.2) is 25.8 Å². The van der Waals surface area contributed by atoms with Crippen molar-refractivity contribution in [3.8, 4) is 0 Å². The second-order valence-electron chi connectivity index (χ2n) is 6.52. The molecule has 1 aliphatic heterocycles. The van der Waals surface area contributed by atoms with Gasteiger partial charge in [-0.1, -0.05) is 66.2 Å². The minimum absolute atomic E-state index is 0.0719. The van der Waals surface area contributed by atoms with Crippen molar-refractivity contribution in [3.63, 3.8) is 0 Å². The number of ether oxygens (including phenoxy) is 2. The summed E-state index contributed by atoms with van der Waals surface area (Å²) in [6.45, 7) is 4.77. The molecule has 0 amide bonds. The van der Waals surface area contributed by atoms with Crippen molar-refractivity contribution >= 4 is 11.6 Å². The Kier molecular flexibility index (Phi) is 6.86. The molecule has 4 heteroatoms. The number of piperidine rings is 1. The summed E-state index contributed by atoms with van der Waals surface area (Å²) in [4.78, 5) is 0. The van der Waals surface area contributed by atoms with Crippen LogP contribution in [0.4, 0.5) is 0 Å². The van der Waals surface area contributed by atoms with Gasteiger partial charge < -0.3 is 14.8 Å². The third-order valence-electron chi connectivity index (χ3n) is 4.82. The maximum Gasteiger partial charge on any atom is 0.122 e. The van der Waals surface area contributed by atoms with Crippen molar-refractivity contribution in [2.24, 2.45) is 0 Å². The van der Waals surface area contributed by atoms with E-state index in [2.05, 4.69) is 29.6 Å². The van der Waals surface area contributed by atoms with Gasteiger partial charge in [-0.15, -0.1) is 0 Å². The van der Waals surface area contributed by atoms with Gasteiger partial charge in [0.25, 0.3) is 0 Å². The fourth-order valence-electron chi connectivity index (χ4n) is 3.39. The molecule has 0 spiro atoms. The van der Waals surface area contributed by atoms with E-state index in [9.17, 15) is 0 Å². The average molecular weight is 372 g/mol. The molecule has 0 aliphatic carbocycles. The molecule has 1 fully saturated rings. The summed E-state index contributed by atoms with van der Waals surface area (Å²) in [6.07, 6.45) is 4.81. The molecule has 3 rings (SSSR count). The lowest BCUT2D eigenvalue weighted by atomic mass is 9.82. The first-order chi connectivity index (χ1) is 12.7. The number of rotatable bonds is 7. The third kappa shape index (κ3) is 4.54. The summed E-state index contributed by atoms with van der Waals surface area (Å²) >= 11 is 6.11. The molecule has 2 aromatic rings. The lowest BCUT2D eigenvalue weighted by molar-refractivity contribution is -0.168. The van der Waals surface area contributed by atoms with E-state index in [1.165, 1.54) is 0 Å². The van der Waals surface area contributed by atoms with Gasteiger partial charge in [0.2, 0.25) is 0 Å². The van der Waals surface area contributed by atoms with Crippen LogP contribution in [0.3, 0.4) is 0 Å².